The van der Waals surface area contributed by atoms with E-state index in [9.17, 15) is 13.5 Å². The monoisotopic (exact) mass is 285 g/mol. The Morgan fingerprint density at radius 2 is 1.68 bits per heavy atom. The summed E-state index contributed by atoms with van der Waals surface area (Å²) in [5.41, 5.74) is 1.02. The number of aliphatic hydroxyl groups is 1. The molecule has 1 aromatic rings. The van der Waals surface area contributed by atoms with E-state index in [-0.39, 0.29) is 29.4 Å². The molecule has 0 bridgehead atoms. The molecule has 2 atom stereocenters. The summed E-state index contributed by atoms with van der Waals surface area (Å²) in [4.78, 5) is 0.258. The summed E-state index contributed by atoms with van der Waals surface area (Å²) in [6.07, 6.45) is 0. The fourth-order valence-electron chi connectivity index (χ4n) is 1.99. The molecule has 0 aliphatic rings. The van der Waals surface area contributed by atoms with Gasteiger partial charge in [0.05, 0.1) is 4.90 Å². The fourth-order valence-corrected chi connectivity index (χ4v) is 3.48. The SMILES string of the molecule is Cc1ccc(S(=O)(=O)N[C@H](C(C)C)[C@@H](C)CO)cc1. The van der Waals surface area contributed by atoms with Crippen molar-refractivity contribution in [3.63, 3.8) is 0 Å². The molecular formula is C14H23NO3S. The van der Waals surface area contributed by atoms with Gasteiger partial charge in [-0.3, -0.25) is 0 Å². The predicted molar refractivity (Wildman–Crippen MR) is 76.4 cm³/mol. The molecule has 0 aliphatic heterocycles. The van der Waals surface area contributed by atoms with E-state index >= 15 is 0 Å². The highest BCUT2D eigenvalue weighted by Crippen LogP contribution is 2.17. The molecule has 1 rings (SSSR count). The van der Waals surface area contributed by atoms with E-state index in [1.165, 1.54) is 0 Å². The molecule has 108 valence electrons. The summed E-state index contributed by atoms with van der Waals surface area (Å²) in [5, 5.41) is 9.22. The highest BCUT2D eigenvalue weighted by Gasteiger charge is 2.26. The molecule has 4 nitrogen and oxygen atoms in total. The third-order valence-electron chi connectivity index (χ3n) is 3.24. The van der Waals surface area contributed by atoms with Gasteiger partial charge in [-0.15, -0.1) is 0 Å². The Kier molecular flexibility index (Phi) is 5.52. The second-order valence-corrected chi connectivity index (χ2v) is 7.08. The van der Waals surface area contributed by atoms with Crippen molar-refractivity contribution < 1.29 is 13.5 Å². The quantitative estimate of drug-likeness (QED) is 0.839. The molecule has 19 heavy (non-hydrogen) atoms. The zero-order valence-corrected chi connectivity index (χ0v) is 12.7. The molecule has 0 amide bonds. The van der Waals surface area contributed by atoms with E-state index in [0.29, 0.717) is 0 Å². The van der Waals surface area contributed by atoms with Crippen molar-refractivity contribution in [3.8, 4) is 0 Å². The Morgan fingerprint density at radius 3 is 2.11 bits per heavy atom. The number of sulfonamides is 1. The van der Waals surface area contributed by atoms with Gasteiger partial charge in [0.15, 0.2) is 0 Å². The molecule has 0 saturated carbocycles. The summed E-state index contributed by atoms with van der Waals surface area (Å²) in [6, 6.07) is 6.46. The van der Waals surface area contributed by atoms with Crippen LogP contribution in [-0.4, -0.2) is 26.2 Å². The van der Waals surface area contributed by atoms with Gasteiger partial charge in [0, 0.05) is 12.6 Å². The van der Waals surface area contributed by atoms with Gasteiger partial charge in [-0.1, -0.05) is 38.5 Å². The lowest BCUT2D eigenvalue weighted by atomic mass is 9.93. The highest BCUT2D eigenvalue weighted by atomic mass is 32.2. The number of benzene rings is 1. The first kappa shape index (κ1) is 16.1. The number of hydrogen-bond acceptors (Lipinski definition) is 3. The molecule has 0 heterocycles. The lowest BCUT2D eigenvalue weighted by Crippen LogP contribution is -2.44. The first-order chi connectivity index (χ1) is 8.77. The van der Waals surface area contributed by atoms with Crippen LogP contribution in [0.2, 0.25) is 0 Å². The van der Waals surface area contributed by atoms with Crippen LogP contribution in [0.5, 0.6) is 0 Å². The minimum absolute atomic E-state index is 0.0424. The topological polar surface area (TPSA) is 66.4 Å². The Hall–Kier alpha value is -0.910. The second kappa shape index (κ2) is 6.50. The lowest BCUT2D eigenvalue weighted by Gasteiger charge is -2.27. The summed E-state index contributed by atoms with van der Waals surface area (Å²) in [6.45, 7) is 7.58. The standard InChI is InChI=1S/C14H23NO3S/c1-10(2)14(12(4)9-16)15-19(17,18)13-7-5-11(3)6-8-13/h5-8,10,12,14-16H,9H2,1-4H3/t12-,14+/m0/s1. The van der Waals surface area contributed by atoms with E-state index in [1.54, 1.807) is 24.3 Å². The third-order valence-corrected chi connectivity index (χ3v) is 4.72. The van der Waals surface area contributed by atoms with E-state index in [1.807, 2.05) is 27.7 Å². The number of rotatable bonds is 6. The molecular weight excluding hydrogens is 262 g/mol. The number of aliphatic hydroxyl groups excluding tert-OH is 1. The van der Waals surface area contributed by atoms with Gasteiger partial charge in [0.1, 0.15) is 0 Å². The number of nitrogens with one attached hydrogen (secondary N) is 1. The van der Waals surface area contributed by atoms with Gasteiger partial charge < -0.3 is 5.11 Å². The fraction of sp³-hybridized carbons (Fsp3) is 0.571. The van der Waals surface area contributed by atoms with Crippen molar-refractivity contribution in [1.82, 2.24) is 4.72 Å². The summed E-state index contributed by atoms with van der Waals surface area (Å²) >= 11 is 0. The molecule has 1 aromatic carbocycles. The van der Waals surface area contributed by atoms with Crippen LogP contribution in [0.25, 0.3) is 0 Å². The first-order valence-electron chi connectivity index (χ1n) is 6.47. The lowest BCUT2D eigenvalue weighted by molar-refractivity contribution is 0.191. The van der Waals surface area contributed by atoms with Crippen LogP contribution in [0.15, 0.2) is 29.2 Å². The van der Waals surface area contributed by atoms with E-state index < -0.39 is 10.0 Å². The normalized spacial score (nSPS) is 15.5. The molecule has 0 unspecified atom stereocenters. The van der Waals surface area contributed by atoms with Gasteiger partial charge in [-0.2, -0.15) is 0 Å². The van der Waals surface area contributed by atoms with Crippen molar-refractivity contribution in [2.24, 2.45) is 11.8 Å². The maximum Gasteiger partial charge on any atom is 0.240 e. The van der Waals surface area contributed by atoms with Crippen molar-refractivity contribution in [3.05, 3.63) is 29.8 Å². The van der Waals surface area contributed by atoms with Gasteiger partial charge in [0.2, 0.25) is 10.0 Å². The molecule has 2 N–H and O–H groups in total. The molecule has 0 aromatic heterocycles. The smallest absolute Gasteiger partial charge is 0.240 e. The van der Waals surface area contributed by atoms with Crippen LogP contribution in [-0.2, 0) is 10.0 Å². The van der Waals surface area contributed by atoms with E-state index in [0.717, 1.165) is 5.56 Å². The van der Waals surface area contributed by atoms with Gasteiger partial charge in [-0.25, -0.2) is 13.1 Å². The average Bonchev–Trinajstić information content (AvgIpc) is 2.35. The zero-order chi connectivity index (χ0) is 14.6. The average molecular weight is 285 g/mol. The maximum absolute atomic E-state index is 12.3. The maximum atomic E-state index is 12.3. The highest BCUT2D eigenvalue weighted by molar-refractivity contribution is 7.89. The molecule has 0 radical (unpaired) electrons. The Labute approximate surface area is 115 Å². The van der Waals surface area contributed by atoms with Crippen LogP contribution < -0.4 is 4.72 Å². The Balaban J connectivity index is 2.97. The van der Waals surface area contributed by atoms with Crippen molar-refractivity contribution in [2.75, 3.05) is 6.61 Å². The van der Waals surface area contributed by atoms with Crippen molar-refractivity contribution >= 4 is 10.0 Å². The predicted octanol–water partition coefficient (Wildman–Crippen LogP) is 1.93. The van der Waals surface area contributed by atoms with Crippen LogP contribution in [0.4, 0.5) is 0 Å². The first-order valence-corrected chi connectivity index (χ1v) is 7.96. The van der Waals surface area contributed by atoms with Crippen LogP contribution in [0, 0.1) is 18.8 Å². The number of aryl methyl sites for hydroxylation is 1. The van der Waals surface area contributed by atoms with Crippen molar-refractivity contribution in [1.29, 1.82) is 0 Å². The summed E-state index contributed by atoms with van der Waals surface area (Å²) in [5.74, 6) is -0.0115. The Morgan fingerprint density at radius 1 is 1.16 bits per heavy atom. The van der Waals surface area contributed by atoms with Gasteiger partial charge in [0.25, 0.3) is 0 Å². The van der Waals surface area contributed by atoms with E-state index in [4.69, 9.17) is 0 Å². The largest absolute Gasteiger partial charge is 0.396 e. The molecule has 0 fully saturated rings. The summed E-state index contributed by atoms with van der Waals surface area (Å²) < 4.78 is 27.3. The molecule has 0 saturated heterocycles. The van der Waals surface area contributed by atoms with Crippen LogP contribution in [0.1, 0.15) is 26.3 Å². The Bertz CT molecular complexity index is 494. The molecule has 5 heteroatoms. The molecule has 0 spiro atoms. The van der Waals surface area contributed by atoms with Crippen molar-refractivity contribution in [2.45, 2.75) is 38.6 Å². The van der Waals surface area contributed by atoms with Crippen LogP contribution >= 0.6 is 0 Å². The number of hydrogen-bond donors (Lipinski definition) is 2. The molecule has 0 aliphatic carbocycles. The van der Waals surface area contributed by atoms with Gasteiger partial charge >= 0.3 is 0 Å². The zero-order valence-electron chi connectivity index (χ0n) is 11.9. The third kappa shape index (κ3) is 4.30. The second-order valence-electron chi connectivity index (χ2n) is 5.36. The van der Waals surface area contributed by atoms with E-state index in [2.05, 4.69) is 4.72 Å². The van der Waals surface area contributed by atoms with Gasteiger partial charge in [-0.05, 0) is 30.9 Å². The summed E-state index contributed by atoms with van der Waals surface area (Å²) in [7, 11) is -3.54. The van der Waals surface area contributed by atoms with Crippen LogP contribution in [0.3, 0.4) is 0 Å². The minimum atomic E-state index is -3.54. The minimum Gasteiger partial charge on any atom is -0.396 e.